The van der Waals surface area contributed by atoms with Crippen LogP contribution in [0.5, 0.6) is 17.2 Å². The fourth-order valence-electron chi connectivity index (χ4n) is 3.22. The topological polar surface area (TPSA) is 66.0 Å². The zero-order valence-electron chi connectivity index (χ0n) is 16.6. The molecule has 1 heterocycles. The Hall–Kier alpha value is -2.73. The van der Waals surface area contributed by atoms with Crippen LogP contribution in [0.3, 0.4) is 0 Å². The Kier molecular flexibility index (Phi) is 6.76. The lowest BCUT2D eigenvalue weighted by Crippen LogP contribution is -2.38. The standard InChI is InChI=1S/C22H27NO5/c1-15(16-8-9-20(21(13-16)26-3)27-11-10-25-2)23-22(24)18-12-17-6-4-5-7-19(17)28-14-18/h4-9,13,15,18H,10-12,14H2,1-3H3,(H,23,24)/t15-,18+/m0/s1. The molecule has 0 unspecified atom stereocenters. The summed E-state index contributed by atoms with van der Waals surface area (Å²) in [5.74, 6) is 1.94. The number of carbonyl (C=O) groups excluding carboxylic acids is 1. The van der Waals surface area contributed by atoms with E-state index in [-0.39, 0.29) is 17.9 Å². The molecule has 0 saturated carbocycles. The van der Waals surface area contributed by atoms with Crippen LogP contribution in [0.15, 0.2) is 42.5 Å². The van der Waals surface area contributed by atoms with Crippen molar-refractivity contribution in [3.8, 4) is 17.2 Å². The van der Waals surface area contributed by atoms with E-state index in [9.17, 15) is 4.79 Å². The average Bonchev–Trinajstić information content (AvgIpc) is 2.73. The van der Waals surface area contributed by atoms with Gasteiger partial charge in [-0.15, -0.1) is 0 Å². The third-order valence-corrected chi connectivity index (χ3v) is 4.84. The van der Waals surface area contributed by atoms with Crippen molar-refractivity contribution in [3.63, 3.8) is 0 Å². The molecule has 6 heteroatoms. The Morgan fingerprint density at radius 3 is 2.79 bits per heavy atom. The zero-order valence-corrected chi connectivity index (χ0v) is 16.6. The first kappa shape index (κ1) is 20.0. The molecule has 0 saturated heterocycles. The zero-order chi connectivity index (χ0) is 19.9. The van der Waals surface area contributed by atoms with Gasteiger partial charge in [0.25, 0.3) is 0 Å². The summed E-state index contributed by atoms with van der Waals surface area (Å²) >= 11 is 0. The van der Waals surface area contributed by atoms with E-state index < -0.39 is 0 Å². The molecule has 0 bridgehead atoms. The molecule has 0 spiro atoms. The van der Waals surface area contributed by atoms with Crippen LogP contribution in [0.1, 0.15) is 24.1 Å². The van der Waals surface area contributed by atoms with Gasteiger partial charge in [-0.2, -0.15) is 0 Å². The largest absolute Gasteiger partial charge is 0.493 e. The summed E-state index contributed by atoms with van der Waals surface area (Å²) in [6.45, 7) is 3.30. The summed E-state index contributed by atoms with van der Waals surface area (Å²) in [6.07, 6.45) is 0.685. The van der Waals surface area contributed by atoms with Crippen molar-refractivity contribution in [1.29, 1.82) is 0 Å². The van der Waals surface area contributed by atoms with Crippen LogP contribution in [-0.4, -0.2) is 39.9 Å². The Balaban J connectivity index is 1.62. The van der Waals surface area contributed by atoms with Gasteiger partial charge in [0.05, 0.1) is 25.7 Å². The third-order valence-electron chi connectivity index (χ3n) is 4.84. The van der Waals surface area contributed by atoms with Gasteiger partial charge < -0.3 is 24.3 Å². The van der Waals surface area contributed by atoms with E-state index in [1.807, 2.05) is 49.4 Å². The van der Waals surface area contributed by atoms with Gasteiger partial charge >= 0.3 is 0 Å². The van der Waals surface area contributed by atoms with Gasteiger partial charge in [-0.05, 0) is 42.7 Å². The second kappa shape index (κ2) is 9.46. The maximum Gasteiger partial charge on any atom is 0.227 e. The van der Waals surface area contributed by atoms with Crippen molar-refractivity contribution in [2.24, 2.45) is 5.92 Å². The lowest BCUT2D eigenvalue weighted by atomic mass is 9.95. The molecule has 150 valence electrons. The van der Waals surface area contributed by atoms with Crippen molar-refractivity contribution >= 4 is 5.91 Å². The predicted molar refractivity (Wildman–Crippen MR) is 106 cm³/mol. The number of para-hydroxylation sites is 1. The van der Waals surface area contributed by atoms with Crippen molar-refractivity contribution in [1.82, 2.24) is 5.32 Å². The number of ether oxygens (including phenoxy) is 4. The van der Waals surface area contributed by atoms with Gasteiger partial charge in [0, 0.05) is 7.11 Å². The number of hydrogen-bond donors (Lipinski definition) is 1. The SMILES string of the molecule is COCCOc1ccc([C@H](C)NC(=O)[C@H]2COc3ccccc3C2)cc1OC. The molecule has 2 atom stereocenters. The van der Waals surface area contributed by atoms with E-state index in [4.69, 9.17) is 18.9 Å². The molecule has 1 amide bonds. The van der Waals surface area contributed by atoms with Crippen LogP contribution in [-0.2, 0) is 16.0 Å². The minimum Gasteiger partial charge on any atom is -0.493 e. The number of carbonyl (C=O) groups is 1. The van der Waals surface area contributed by atoms with E-state index >= 15 is 0 Å². The van der Waals surface area contributed by atoms with Gasteiger partial charge in [0.15, 0.2) is 11.5 Å². The fraction of sp³-hybridized carbons (Fsp3) is 0.409. The van der Waals surface area contributed by atoms with Crippen LogP contribution in [0, 0.1) is 5.92 Å². The summed E-state index contributed by atoms with van der Waals surface area (Å²) in [6, 6.07) is 13.4. The molecule has 3 rings (SSSR count). The van der Waals surface area contributed by atoms with Gasteiger partial charge in [-0.25, -0.2) is 0 Å². The smallest absolute Gasteiger partial charge is 0.227 e. The van der Waals surface area contributed by atoms with E-state index in [1.54, 1.807) is 14.2 Å². The molecule has 6 nitrogen and oxygen atoms in total. The third kappa shape index (κ3) is 4.75. The molecule has 1 aliphatic rings. The van der Waals surface area contributed by atoms with Crippen molar-refractivity contribution in [3.05, 3.63) is 53.6 Å². The molecule has 0 aromatic heterocycles. The number of amides is 1. The Morgan fingerprint density at radius 1 is 1.18 bits per heavy atom. The molecule has 0 radical (unpaired) electrons. The van der Waals surface area contributed by atoms with Crippen LogP contribution >= 0.6 is 0 Å². The highest BCUT2D eigenvalue weighted by Crippen LogP contribution is 2.31. The molecule has 2 aromatic carbocycles. The quantitative estimate of drug-likeness (QED) is 0.707. The number of hydrogen-bond acceptors (Lipinski definition) is 5. The number of nitrogens with one attached hydrogen (secondary N) is 1. The Labute approximate surface area is 165 Å². The van der Waals surface area contributed by atoms with Crippen LogP contribution < -0.4 is 19.5 Å². The first-order chi connectivity index (χ1) is 13.6. The Morgan fingerprint density at radius 2 is 2.00 bits per heavy atom. The molecule has 1 aliphatic heterocycles. The number of rotatable bonds is 8. The minimum absolute atomic E-state index is 0.0126. The van der Waals surface area contributed by atoms with E-state index in [1.165, 1.54) is 0 Å². The average molecular weight is 385 g/mol. The molecular formula is C22H27NO5. The molecule has 2 aromatic rings. The maximum atomic E-state index is 12.7. The Bertz CT molecular complexity index is 807. The molecule has 0 fully saturated rings. The van der Waals surface area contributed by atoms with Crippen LogP contribution in [0.25, 0.3) is 0 Å². The molecule has 0 aliphatic carbocycles. The van der Waals surface area contributed by atoms with Gasteiger partial charge in [-0.1, -0.05) is 24.3 Å². The monoisotopic (exact) mass is 385 g/mol. The fourth-order valence-corrected chi connectivity index (χ4v) is 3.22. The minimum atomic E-state index is -0.198. The van der Waals surface area contributed by atoms with E-state index in [2.05, 4.69) is 5.32 Å². The first-order valence-corrected chi connectivity index (χ1v) is 9.43. The van der Waals surface area contributed by atoms with Crippen LogP contribution in [0.2, 0.25) is 0 Å². The maximum absolute atomic E-state index is 12.7. The number of fused-ring (bicyclic) bond motifs is 1. The van der Waals surface area contributed by atoms with Crippen molar-refractivity contribution in [2.75, 3.05) is 34.0 Å². The normalized spacial score (nSPS) is 16.5. The molecule has 28 heavy (non-hydrogen) atoms. The lowest BCUT2D eigenvalue weighted by molar-refractivity contribution is -0.126. The van der Waals surface area contributed by atoms with E-state index in [0.29, 0.717) is 37.7 Å². The first-order valence-electron chi connectivity index (χ1n) is 9.43. The summed E-state index contributed by atoms with van der Waals surface area (Å²) in [7, 11) is 3.23. The lowest BCUT2D eigenvalue weighted by Gasteiger charge is -2.26. The predicted octanol–water partition coefficient (Wildman–Crippen LogP) is 3.15. The van der Waals surface area contributed by atoms with Gasteiger partial charge in [0.2, 0.25) is 5.91 Å². The second-order valence-corrected chi connectivity index (χ2v) is 6.80. The second-order valence-electron chi connectivity index (χ2n) is 6.80. The summed E-state index contributed by atoms with van der Waals surface area (Å²) < 4.78 is 21.8. The highest BCUT2D eigenvalue weighted by atomic mass is 16.5. The number of methoxy groups -OCH3 is 2. The van der Waals surface area contributed by atoms with Crippen molar-refractivity contribution in [2.45, 2.75) is 19.4 Å². The number of benzene rings is 2. The van der Waals surface area contributed by atoms with Crippen molar-refractivity contribution < 1.29 is 23.7 Å². The molecular weight excluding hydrogens is 358 g/mol. The van der Waals surface area contributed by atoms with Gasteiger partial charge in [0.1, 0.15) is 19.0 Å². The highest BCUT2D eigenvalue weighted by Gasteiger charge is 2.27. The highest BCUT2D eigenvalue weighted by molar-refractivity contribution is 5.80. The summed E-state index contributed by atoms with van der Waals surface area (Å²) in [4.78, 5) is 12.7. The summed E-state index contributed by atoms with van der Waals surface area (Å²) in [5, 5.41) is 3.08. The van der Waals surface area contributed by atoms with E-state index in [0.717, 1.165) is 16.9 Å². The van der Waals surface area contributed by atoms with Crippen LogP contribution in [0.4, 0.5) is 0 Å². The van der Waals surface area contributed by atoms with Gasteiger partial charge in [-0.3, -0.25) is 4.79 Å². The molecule has 1 N–H and O–H groups in total. The summed E-state index contributed by atoms with van der Waals surface area (Å²) in [5.41, 5.74) is 2.02.